The minimum absolute atomic E-state index is 0.619. The summed E-state index contributed by atoms with van der Waals surface area (Å²) in [5, 5.41) is 3.56. The fourth-order valence-corrected chi connectivity index (χ4v) is 2.71. The number of fused-ring (bicyclic) bond motifs is 1. The van der Waals surface area contributed by atoms with E-state index in [9.17, 15) is 0 Å². The Morgan fingerprint density at radius 3 is 3.05 bits per heavy atom. The number of ether oxygens (including phenoxy) is 1. The van der Waals surface area contributed by atoms with Gasteiger partial charge in [-0.05, 0) is 51.3 Å². The van der Waals surface area contributed by atoms with Crippen molar-refractivity contribution in [3.63, 3.8) is 0 Å². The summed E-state index contributed by atoms with van der Waals surface area (Å²) in [6.45, 7) is 8.69. The van der Waals surface area contributed by atoms with Gasteiger partial charge in [-0.25, -0.2) is 0 Å². The molecule has 1 aromatic carbocycles. The summed E-state index contributed by atoms with van der Waals surface area (Å²) in [6, 6.07) is 9.04. The lowest BCUT2D eigenvalue weighted by Gasteiger charge is -2.24. The molecule has 1 heterocycles. The van der Waals surface area contributed by atoms with Crippen LogP contribution in [0.25, 0.3) is 0 Å². The van der Waals surface area contributed by atoms with Gasteiger partial charge in [-0.15, -0.1) is 0 Å². The fourth-order valence-electron chi connectivity index (χ4n) is 2.71. The lowest BCUT2D eigenvalue weighted by molar-refractivity contribution is 0.322. The second-order valence-electron chi connectivity index (χ2n) is 5.65. The largest absolute Gasteiger partial charge is 0.491 e. The van der Waals surface area contributed by atoms with Gasteiger partial charge in [-0.3, -0.25) is 0 Å². The second-order valence-corrected chi connectivity index (χ2v) is 5.65. The Hall–Kier alpha value is -1.22. The Bertz CT molecular complexity index is 394. The Labute approximate surface area is 123 Å². The first-order valence-electron chi connectivity index (χ1n) is 8.01. The van der Waals surface area contributed by atoms with Crippen LogP contribution in [0.15, 0.2) is 24.3 Å². The van der Waals surface area contributed by atoms with Crippen LogP contribution >= 0.6 is 0 Å². The van der Waals surface area contributed by atoms with Gasteiger partial charge in [0, 0.05) is 19.1 Å². The quantitative estimate of drug-likeness (QED) is 0.825. The van der Waals surface area contributed by atoms with Gasteiger partial charge >= 0.3 is 0 Å². The SMILES string of the molecule is CCCNC(C)CCCN1CCCOc2ccccc21. The standard InChI is InChI=1S/C17H28N2O/c1-3-11-18-15(2)8-6-12-19-13-7-14-20-17-10-5-4-9-16(17)19/h4-5,9-10,15,18H,3,6-8,11-14H2,1-2H3. The summed E-state index contributed by atoms with van der Waals surface area (Å²) in [6.07, 6.45) is 4.78. The molecule has 0 amide bonds. The maximum atomic E-state index is 5.81. The fraction of sp³-hybridized carbons (Fsp3) is 0.647. The molecule has 1 aliphatic rings. The molecule has 0 aromatic heterocycles. The number of para-hydroxylation sites is 2. The number of benzene rings is 1. The van der Waals surface area contributed by atoms with Crippen LogP contribution in [0, 0.1) is 0 Å². The molecular weight excluding hydrogens is 248 g/mol. The Morgan fingerprint density at radius 1 is 1.35 bits per heavy atom. The van der Waals surface area contributed by atoms with Crippen molar-refractivity contribution in [1.29, 1.82) is 0 Å². The zero-order valence-electron chi connectivity index (χ0n) is 12.9. The van der Waals surface area contributed by atoms with Gasteiger partial charge in [0.1, 0.15) is 5.75 Å². The maximum Gasteiger partial charge on any atom is 0.142 e. The van der Waals surface area contributed by atoms with Crippen molar-refractivity contribution in [2.45, 2.75) is 45.6 Å². The molecule has 1 unspecified atom stereocenters. The van der Waals surface area contributed by atoms with Crippen molar-refractivity contribution in [2.75, 3.05) is 31.1 Å². The van der Waals surface area contributed by atoms with Crippen LogP contribution < -0.4 is 15.0 Å². The highest BCUT2D eigenvalue weighted by Crippen LogP contribution is 2.30. The van der Waals surface area contributed by atoms with E-state index in [1.165, 1.54) is 24.9 Å². The highest BCUT2D eigenvalue weighted by molar-refractivity contribution is 5.58. The molecule has 0 radical (unpaired) electrons. The van der Waals surface area contributed by atoms with E-state index in [0.717, 1.165) is 38.4 Å². The normalized spacial score (nSPS) is 16.2. The van der Waals surface area contributed by atoms with Gasteiger partial charge in [0.2, 0.25) is 0 Å². The molecule has 1 aromatic rings. The van der Waals surface area contributed by atoms with E-state index in [2.05, 4.69) is 48.3 Å². The molecular formula is C17H28N2O. The molecule has 0 spiro atoms. The second kappa shape index (κ2) is 8.15. The smallest absolute Gasteiger partial charge is 0.142 e. The molecule has 1 aliphatic heterocycles. The molecule has 0 saturated heterocycles. The zero-order chi connectivity index (χ0) is 14.2. The van der Waals surface area contributed by atoms with Gasteiger partial charge in [0.05, 0.1) is 12.3 Å². The van der Waals surface area contributed by atoms with Gasteiger partial charge in [-0.2, -0.15) is 0 Å². The Balaban J connectivity index is 1.83. The molecule has 1 atom stereocenters. The van der Waals surface area contributed by atoms with Crippen molar-refractivity contribution in [3.8, 4) is 5.75 Å². The molecule has 3 heteroatoms. The number of nitrogens with zero attached hydrogens (tertiary/aromatic N) is 1. The summed E-state index contributed by atoms with van der Waals surface area (Å²) < 4.78 is 5.81. The molecule has 0 saturated carbocycles. The lowest BCUT2D eigenvalue weighted by atomic mass is 10.1. The first-order valence-corrected chi connectivity index (χ1v) is 8.01. The van der Waals surface area contributed by atoms with E-state index in [1.807, 2.05) is 0 Å². The summed E-state index contributed by atoms with van der Waals surface area (Å²) in [4.78, 5) is 2.48. The van der Waals surface area contributed by atoms with Crippen LogP contribution in [-0.2, 0) is 0 Å². The van der Waals surface area contributed by atoms with Crippen molar-refractivity contribution in [2.24, 2.45) is 0 Å². The third kappa shape index (κ3) is 4.41. The molecule has 2 rings (SSSR count). The number of rotatable bonds is 7. The summed E-state index contributed by atoms with van der Waals surface area (Å²) >= 11 is 0. The first-order chi connectivity index (χ1) is 9.81. The van der Waals surface area contributed by atoms with Crippen molar-refractivity contribution in [3.05, 3.63) is 24.3 Å². The van der Waals surface area contributed by atoms with Gasteiger partial charge in [0.15, 0.2) is 0 Å². The van der Waals surface area contributed by atoms with E-state index >= 15 is 0 Å². The minimum atomic E-state index is 0.619. The molecule has 112 valence electrons. The van der Waals surface area contributed by atoms with Crippen LogP contribution in [0.3, 0.4) is 0 Å². The zero-order valence-corrected chi connectivity index (χ0v) is 12.9. The molecule has 0 bridgehead atoms. The van der Waals surface area contributed by atoms with Crippen LogP contribution in [0.5, 0.6) is 5.75 Å². The van der Waals surface area contributed by atoms with Crippen LogP contribution in [0.4, 0.5) is 5.69 Å². The molecule has 0 aliphatic carbocycles. The van der Waals surface area contributed by atoms with E-state index in [1.54, 1.807) is 0 Å². The van der Waals surface area contributed by atoms with Gasteiger partial charge < -0.3 is 15.0 Å². The van der Waals surface area contributed by atoms with Gasteiger partial charge in [-0.1, -0.05) is 19.1 Å². The third-order valence-corrected chi connectivity index (χ3v) is 3.84. The maximum absolute atomic E-state index is 5.81. The molecule has 3 nitrogen and oxygen atoms in total. The van der Waals surface area contributed by atoms with E-state index < -0.39 is 0 Å². The minimum Gasteiger partial charge on any atom is -0.491 e. The van der Waals surface area contributed by atoms with Crippen LogP contribution in [0.2, 0.25) is 0 Å². The predicted octanol–water partition coefficient (Wildman–Crippen LogP) is 3.44. The van der Waals surface area contributed by atoms with Crippen molar-refractivity contribution < 1.29 is 4.74 Å². The summed E-state index contributed by atoms with van der Waals surface area (Å²) in [7, 11) is 0. The Kier molecular flexibility index (Phi) is 6.19. The summed E-state index contributed by atoms with van der Waals surface area (Å²) in [5.41, 5.74) is 1.26. The monoisotopic (exact) mass is 276 g/mol. The summed E-state index contributed by atoms with van der Waals surface area (Å²) in [5.74, 6) is 1.04. The average Bonchev–Trinajstić information content (AvgIpc) is 2.68. The topological polar surface area (TPSA) is 24.5 Å². The number of hydrogen-bond acceptors (Lipinski definition) is 3. The predicted molar refractivity (Wildman–Crippen MR) is 85.8 cm³/mol. The van der Waals surface area contributed by atoms with Gasteiger partial charge in [0.25, 0.3) is 0 Å². The third-order valence-electron chi connectivity index (χ3n) is 3.84. The number of anilines is 1. The molecule has 1 N–H and O–H groups in total. The highest BCUT2D eigenvalue weighted by atomic mass is 16.5. The van der Waals surface area contributed by atoms with E-state index in [-0.39, 0.29) is 0 Å². The molecule has 20 heavy (non-hydrogen) atoms. The molecule has 0 fully saturated rings. The Morgan fingerprint density at radius 2 is 2.20 bits per heavy atom. The number of hydrogen-bond donors (Lipinski definition) is 1. The highest BCUT2D eigenvalue weighted by Gasteiger charge is 2.15. The lowest BCUT2D eigenvalue weighted by Crippen LogP contribution is -2.29. The van der Waals surface area contributed by atoms with E-state index in [4.69, 9.17) is 4.74 Å². The first kappa shape index (κ1) is 15.2. The van der Waals surface area contributed by atoms with Crippen LogP contribution in [-0.4, -0.2) is 32.3 Å². The van der Waals surface area contributed by atoms with E-state index in [0.29, 0.717) is 6.04 Å². The van der Waals surface area contributed by atoms with Crippen molar-refractivity contribution in [1.82, 2.24) is 5.32 Å². The number of nitrogens with one attached hydrogen (secondary N) is 1. The van der Waals surface area contributed by atoms with Crippen LogP contribution in [0.1, 0.15) is 39.5 Å². The van der Waals surface area contributed by atoms with Crippen molar-refractivity contribution >= 4 is 5.69 Å². The average molecular weight is 276 g/mol.